The number of carbonyl (C=O) groups excluding carboxylic acids is 1. The molecule has 2 aliphatic heterocycles. The van der Waals surface area contributed by atoms with E-state index < -0.39 is 0 Å². The lowest BCUT2D eigenvalue weighted by Crippen LogP contribution is -2.55. The van der Waals surface area contributed by atoms with E-state index in [9.17, 15) is 4.79 Å². The van der Waals surface area contributed by atoms with E-state index >= 15 is 0 Å². The van der Waals surface area contributed by atoms with E-state index in [1.807, 2.05) is 4.90 Å². The number of rotatable bonds is 3. The highest BCUT2D eigenvalue weighted by Gasteiger charge is 2.50. The van der Waals surface area contributed by atoms with Gasteiger partial charge in [-0.05, 0) is 67.5 Å². The Hall–Kier alpha value is -1.55. The predicted octanol–water partition coefficient (Wildman–Crippen LogP) is 4.96. The summed E-state index contributed by atoms with van der Waals surface area (Å²) >= 11 is 0. The predicted molar refractivity (Wildman–Crippen MR) is 108 cm³/mol. The molecule has 0 radical (unpaired) electrons. The van der Waals surface area contributed by atoms with E-state index in [-0.39, 0.29) is 6.09 Å². The molecule has 1 aliphatic carbocycles. The topological polar surface area (TPSA) is 32.8 Å². The molecule has 2 saturated heterocycles. The second kappa shape index (κ2) is 7.46. The molecule has 4 heteroatoms. The smallest absolute Gasteiger partial charge is 0.409 e. The van der Waals surface area contributed by atoms with Gasteiger partial charge in [-0.15, -0.1) is 0 Å². The number of nitrogens with zero attached hydrogens (tertiary/aromatic N) is 2. The number of benzene rings is 1. The van der Waals surface area contributed by atoms with Gasteiger partial charge in [0.25, 0.3) is 0 Å². The summed E-state index contributed by atoms with van der Waals surface area (Å²) < 4.78 is 4.88. The maximum atomic E-state index is 11.7. The van der Waals surface area contributed by atoms with Crippen LogP contribution in [0.3, 0.4) is 0 Å². The number of amides is 1. The van der Waals surface area contributed by atoms with Crippen LogP contribution in [0.2, 0.25) is 0 Å². The lowest BCUT2D eigenvalue weighted by molar-refractivity contribution is -0.0448. The SMILES string of the molecule is COC(=O)N1CCC2(CC1)CC(N1CCC[C@@H]1c1ccccc1C(C)C)C2. The molecule has 0 unspecified atom stereocenters. The first-order chi connectivity index (χ1) is 13.0. The normalized spacial score (nSPS) is 25.8. The largest absolute Gasteiger partial charge is 0.453 e. The Kier molecular flexibility index (Phi) is 5.19. The zero-order chi connectivity index (χ0) is 19.0. The molecule has 1 aromatic carbocycles. The summed E-state index contributed by atoms with van der Waals surface area (Å²) in [6.45, 7) is 7.58. The molecule has 1 amide bonds. The van der Waals surface area contributed by atoms with Crippen molar-refractivity contribution in [1.82, 2.24) is 9.80 Å². The van der Waals surface area contributed by atoms with Crippen LogP contribution in [0, 0.1) is 5.41 Å². The standard InChI is InChI=1S/C23H34N2O2/c1-17(2)19-7-4-5-8-20(19)21-9-6-12-25(21)18-15-23(16-18)10-13-24(14-11-23)22(26)27-3/h4-5,7-8,17-18,21H,6,9-16H2,1-3H3/t21-/m1/s1. The van der Waals surface area contributed by atoms with Gasteiger partial charge in [0.2, 0.25) is 0 Å². The van der Waals surface area contributed by atoms with Gasteiger partial charge >= 0.3 is 6.09 Å². The molecule has 4 rings (SSSR count). The first kappa shape index (κ1) is 18.8. The summed E-state index contributed by atoms with van der Waals surface area (Å²) in [6, 6.07) is 10.4. The third kappa shape index (κ3) is 3.49. The summed E-state index contributed by atoms with van der Waals surface area (Å²) in [4.78, 5) is 16.4. The first-order valence-electron chi connectivity index (χ1n) is 10.7. The maximum absolute atomic E-state index is 11.7. The molecule has 2 heterocycles. The number of hydrogen-bond acceptors (Lipinski definition) is 3. The fraction of sp³-hybridized carbons (Fsp3) is 0.696. The summed E-state index contributed by atoms with van der Waals surface area (Å²) in [5, 5.41) is 0. The van der Waals surface area contributed by atoms with Crippen molar-refractivity contribution >= 4 is 6.09 Å². The minimum Gasteiger partial charge on any atom is -0.453 e. The number of carbonyl (C=O) groups is 1. The van der Waals surface area contributed by atoms with Crippen molar-refractivity contribution in [3.8, 4) is 0 Å². The van der Waals surface area contributed by atoms with E-state index in [1.54, 1.807) is 5.56 Å². The summed E-state index contributed by atoms with van der Waals surface area (Å²) in [5.74, 6) is 0.582. The highest BCUT2D eigenvalue weighted by Crippen LogP contribution is 2.53. The van der Waals surface area contributed by atoms with Gasteiger partial charge in [0, 0.05) is 25.2 Å². The molecule has 4 nitrogen and oxygen atoms in total. The average molecular weight is 371 g/mol. The molecule has 0 aromatic heterocycles. The van der Waals surface area contributed by atoms with Crippen LogP contribution in [0.15, 0.2) is 24.3 Å². The van der Waals surface area contributed by atoms with Crippen LogP contribution >= 0.6 is 0 Å². The molecular weight excluding hydrogens is 336 g/mol. The zero-order valence-electron chi connectivity index (χ0n) is 17.1. The Morgan fingerprint density at radius 3 is 2.52 bits per heavy atom. The van der Waals surface area contributed by atoms with Crippen molar-refractivity contribution in [3.63, 3.8) is 0 Å². The number of hydrogen-bond donors (Lipinski definition) is 0. The number of piperidine rings is 1. The van der Waals surface area contributed by atoms with Gasteiger partial charge in [-0.3, -0.25) is 4.90 Å². The van der Waals surface area contributed by atoms with Crippen LogP contribution in [0.5, 0.6) is 0 Å². The highest BCUT2D eigenvalue weighted by atomic mass is 16.5. The Morgan fingerprint density at radius 1 is 1.15 bits per heavy atom. The third-order valence-electron chi connectivity index (χ3n) is 7.33. The van der Waals surface area contributed by atoms with Gasteiger partial charge in [-0.1, -0.05) is 38.1 Å². The molecular formula is C23H34N2O2. The van der Waals surface area contributed by atoms with Crippen LogP contribution < -0.4 is 0 Å². The van der Waals surface area contributed by atoms with Gasteiger partial charge < -0.3 is 9.64 Å². The van der Waals surface area contributed by atoms with Crippen LogP contribution in [-0.4, -0.2) is 48.7 Å². The molecule has 1 atom stereocenters. The Balaban J connectivity index is 1.40. The summed E-state index contributed by atoms with van der Waals surface area (Å²) in [6.07, 6.45) is 7.34. The van der Waals surface area contributed by atoms with Gasteiger partial charge in [0.15, 0.2) is 0 Å². The quantitative estimate of drug-likeness (QED) is 0.754. The van der Waals surface area contributed by atoms with Crippen molar-refractivity contribution in [2.45, 2.75) is 70.4 Å². The minimum atomic E-state index is -0.161. The summed E-state index contributed by atoms with van der Waals surface area (Å²) in [5.41, 5.74) is 3.56. The average Bonchev–Trinajstić information content (AvgIpc) is 3.14. The second-order valence-electron chi connectivity index (χ2n) is 9.20. The molecule has 1 saturated carbocycles. The van der Waals surface area contributed by atoms with E-state index in [4.69, 9.17) is 4.74 Å². The molecule has 3 aliphatic rings. The van der Waals surface area contributed by atoms with Crippen LogP contribution in [0.1, 0.15) is 75.5 Å². The van der Waals surface area contributed by atoms with Gasteiger partial charge in [0.05, 0.1) is 7.11 Å². The molecule has 148 valence electrons. The van der Waals surface area contributed by atoms with E-state index in [0.717, 1.165) is 32.0 Å². The molecule has 1 spiro atoms. The number of ether oxygens (including phenoxy) is 1. The monoisotopic (exact) mass is 370 g/mol. The zero-order valence-corrected chi connectivity index (χ0v) is 17.1. The van der Waals surface area contributed by atoms with Crippen molar-refractivity contribution in [2.75, 3.05) is 26.7 Å². The van der Waals surface area contributed by atoms with Gasteiger partial charge in [-0.2, -0.15) is 0 Å². The molecule has 3 fully saturated rings. The summed E-state index contributed by atoms with van der Waals surface area (Å²) in [7, 11) is 1.48. The number of likely N-dealkylation sites (tertiary alicyclic amines) is 2. The maximum Gasteiger partial charge on any atom is 0.409 e. The molecule has 27 heavy (non-hydrogen) atoms. The lowest BCUT2D eigenvalue weighted by Gasteiger charge is -2.55. The van der Waals surface area contributed by atoms with Crippen molar-refractivity contribution in [1.29, 1.82) is 0 Å². The molecule has 0 N–H and O–H groups in total. The van der Waals surface area contributed by atoms with Crippen LogP contribution in [0.4, 0.5) is 4.79 Å². The fourth-order valence-electron chi connectivity index (χ4n) is 5.78. The van der Waals surface area contributed by atoms with Gasteiger partial charge in [-0.25, -0.2) is 4.79 Å². The van der Waals surface area contributed by atoms with E-state index in [0.29, 0.717) is 17.4 Å². The lowest BCUT2D eigenvalue weighted by atomic mass is 9.60. The van der Waals surface area contributed by atoms with Gasteiger partial charge in [0.1, 0.15) is 0 Å². The number of methoxy groups -OCH3 is 1. The third-order valence-corrected chi connectivity index (χ3v) is 7.33. The highest BCUT2D eigenvalue weighted by molar-refractivity contribution is 5.67. The van der Waals surface area contributed by atoms with E-state index in [1.165, 1.54) is 44.9 Å². The van der Waals surface area contributed by atoms with Crippen LogP contribution in [0.25, 0.3) is 0 Å². The van der Waals surface area contributed by atoms with Crippen molar-refractivity contribution < 1.29 is 9.53 Å². The van der Waals surface area contributed by atoms with Crippen molar-refractivity contribution in [2.24, 2.45) is 5.41 Å². The Labute approximate surface area is 163 Å². The Bertz CT molecular complexity index is 671. The van der Waals surface area contributed by atoms with Crippen molar-refractivity contribution in [3.05, 3.63) is 35.4 Å². The molecule has 1 aromatic rings. The Morgan fingerprint density at radius 2 is 1.85 bits per heavy atom. The first-order valence-corrected chi connectivity index (χ1v) is 10.7. The second-order valence-corrected chi connectivity index (χ2v) is 9.20. The minimum absolute atomic E-state index is 0.161. The van der Waals surface area contributed by atoms with E-state index in [2.05, 4.69) is 43.0 Å². The molecule has 0 bridgehead atoms. The van der Waals surface area contributed by atoms with Crippen LogP contribution in [-0.2, 0) is 4.74 Å². The fourth-order valence-corrected chi connectivity index (χ4v) is 5.78.